The SMILES string of the molecule is Fc1cccc2sc(COc3ccccc3)cc12. The van der Waals surface area contributed by atoms with Gasteiger partial charge in [0.1, 0.15) is 18.2 Å². The number of para-hydroxylation sites is 1. The van der Waals surface area contributed by atoms with Gasteiger partial charge in [0.05, 0.1) is 0 Å². The third-order valence-corrected chi connectivity index (χ3v) is 3.76. The molecule has 0 aliphatic carbocycles. The fourth-order valence-electron chi connectivity index (χ4n) is 1.82. The van der Waals surface area contributed by atoms with Gasteiger partial charge in [-0.25, -0.2) is 4.39 Å². The molecule has 0 radical (unpaired) electrons. The first-order valence-corrected chi connectivity index (χ1v) is 6.49. The van der Waals surface area contributed by atoms with Crippen molar-refractivity contribution >= 4 is 21.4 Å². The van der Waals surface area contributed by atoms with E-state index >= 15 is 0 Å². The summed E-state index contributed by atoms with van der Waals surface area (Å²) in [6.45, 7) is 0.475. The molecule has 0 spiro atoms. The lowest BCUT2D eigenvalue weighted by Gasteiger charge is -2.02. The molecule has 1 nitrogen and oxygen atoms in total. The van der Waals surface area contributed by atoms with E-state index < -0.39 is 0 Å². The van der Waals surface area contributed by atoms with Crippen LogP contribution in [0.5, 0.6) is 5.75 Å². The quantitative estimate of drug-likeness (QED) is 0.666. The highest BCUT2D eigenvalue weighted by Gasteiger charge is 2.06. The highest BCUT2D eigenvalue weighted by Crippen LogP contribution is 2.28. The maximum Gasteiger partial charge on any atom is 0.131 e. The first kappa shape index (κ1) is 11.2. The molecule has 0 N–H and O–H groups in total. The highest BCUT2D eigenvalue weighted by molar-refractivity contribution is 7.19. The summed E-state index contributed by atoms with van der Waals surface area (Å²) in [6.07, 6.45) is 0. The van der Waals surface area contributed by atoms with Crippen molar-refractivity contribution in [2.75, 3.05) is 0 Å². The number of halogens is 1. The monoisotopic (exact) mass is 258 g/mol. The second-order valence-corrected chi connectivity index (χ2v) is 5.13. The second kappa shape index (κ2) is 4.78. The highest BCUT2D eigenvalue weighted by atomic mass is 32.1. The van der Waals surface area contributed by atoms with Gasteiger partial charge in [0, 0.05) is 15.0 Å². The van der Waals surface area contributed by atoms with Crippen LogP contribution in [0.1, 0.15) is 4.88 Å². The van der Waals surface area contributed by atoms with Crippen LogP contribution in [0.15, 0.2) is 54.6 Å². The second-order valence-electron chi connectivity index (χ2n) is 3.97. The summed E-state index contributed by atoms with van der Waals surface area (Å²) < 4.78 is 20.1. The molecule has 1 aromatic heterocycles. The molecule has 90 valence electrons. The average Bonchev–Trinajstić information content (AvgIpc) is 2.82. The zero-order chi connectivity index (χ0) is 12.4. The van der Waals surface area contributed by atoms with Crippen molar-refractivity contribution in [2.45, 2.75) is 6.61 Å². The molecule has 18 heavy (non-hydrogen) atoms. The molecule has 0 saturated carbocycles. The van der Waals surface area contributed by atoms with E-state index in [0.717, 1.165) is 15.3 Å². The van der Waals surface area contributed by atoms with Crippen LogP contribution in [0.4, 0.5) is 4.39 Å². The lowest BCUT2D eigenvalue weighted by molar-refractivity contribution is 0.310. The van der Waals surface area contributed by atoms with Gasteiger partial charge in [-0.1, -0.05) is 24.3 Å². The van der Waals surface area contributed by atoms with Gasteiger partial charge in [0.2, 0.25) is 0 Å². The van der Waals surface area contributed by atoms with Gasteiger partial charge in [-0.2, -0.15) is 0 Å². The molecule has 1 heterocycles. The zero-order valence-corrected chi connectivity index (χ0v) is 10.4. The van der Waals surface area contributed by atoms with Gasteiger partial charge < -0.3 is 4.74 Å². The minimum atomic E-state index is -0.172. The molecule has 0 fully saturated rings. The Balaban J connectivity index is 1.81. The predicted octanol–water partition coefficient (Wildman–Crippen LogP) is 4.62. The molecule has 3 rings (SSSR count). The molecule has 0 aliphatic heterocycles. The molecular formula is C15H11FOS. The van der Waals surface area contributed by atoms with E-state index in [0.29, 0.717) is 12.0 Å². The first-order valence-electron chi connectivity index (χ1n) is 5.68. The van der Waals surface area contributed by atoms with Crippen molar-refractivity contribution in [1.82, 2.24) is 0 Å². The van der Waals surface area contributed by atoms with Crippen LogP contribution in [0.2, 0.25) is 0 Å². The predicted molar refractivity (Wildman–Crippen MR) is 72.6 cm³/mol. The Morgan fingerprint density at radius 1 is 1.00 bits per heavy atom. The maximum atomic E-state index is 13.5. The Hall–Kier alpha value is -1.87. The summed E-state index contributed by atoms with van der Waals surface area (Å²) in [4.78, 5) is 1.03. The van der Waals surface area contributed by atoms with Crippen molar-refractivity contribution in [1.29, 1.82) is 0 Å². The third kappa shape index (κ3) is 2.22. The van der Waals surface area contributed by atoms with Crippen LogP contribution in [0.25, 0.3) is 10.1 Å². The van der Waals surface area contributed by atoms with Crippen molar-refractivity contribution in [3.8, 4) is 5.75 Å². The van der Waals surface area contributed by atoms with E-state index in [4.69, 9.17) is 4.74 Å². The number of hydrogen-bond donors (Lipinski definition) is 0. The van der Waals surface area contributed by atoms with Gasteiger partial charge in [-0.15, -0.1) is 11.3 Å². The summed E-state index contributed by atoms with van der Waals surface area (Å²) in [6, 6.07) is 16.6. The number of fused-ring (bicyclic) bond motifs is 1. The van der Waals surface area contributed by atoms with Gasteiger partial charge in [0.15, 0.2) is 0 Å². The van der Waals surface area contributed by atoms with E-state index in [1.165, 1.54) is 6.07 Å². The van der Waals surface area contributed by atoms with Gasteiger partial charge in [-0.05, 0) is 30.3 Å². The van der Waals surface area contributed by atoms with Crippen LogP contribution in [-0.2, 0) is 6.61 Å². The zero-order valence-electron chi connectivity index (χ0n) is 9.60. The van der Waals surface area contributed by atoms with Crippen molar-refractivity contribution in [2.24, 2.45) is 0 Å². The van der Waals surface area contributed by atoms with E-state index in [1.807, 2.05) is 42.5 Å². The Kier molecular flexibility index (Phi) is 2.99. The maximum absolute atomic E-state index is 13.5. The fraction of sp³-hybridized carbons (Fsp3) is 0.0667. The van der Waals surface area contributed by atoms with E-state index in [1.54, 1.807) is 17.4 Å². The lowest BCUT2D eigenvalue weighted by Crippen LogP contribution is -1.91. The number of benzene rings is 2. The van der Waals surface area contributed by atoms with Crippen LogP contribution in [-0.4, -0.2) is 0 Å². The molecule has 2 aromatic carbocycles. The molecule has 0 atom stereocenters. The van der Waals surface area contributed by atoms with Crippen LogP contribution < -0.4 is 4.74 Å². The normalized spacial score (nSPS) is 10.7. The summed E-state index contributed by atoms with van der Waals surface area (Å²) in [7, 11) is 0. The number of ether oxygens (including phenoxy) is 1. The number of thiophene rings is 1. The summed E-state index contributed by atoms with van der Waals surface area (Å²) in [5.74, 6) is 0.658. The Morgan fingerprint density at radius 2 is 1.83 bits per heavy atom. The van der Waals surface area contributed by atoms with Gasteiger partial charge in [0.25, 0.3) is 0 Å². The Bertz CT molecular complexity index is 661. The Morgan fingerprint density at radius 3 is 2.61 bits per heavy atom. The molecule has 0 unspecified atom stereocenters. The third-order valence-electron chi connectivity index (χ3n) is 2.68. The standard InChI is InChI=1S/C15H11FOS/c16-14-7-4-8-15-13(14)9-12(18-15)10-17-11-5-2-1-3-6-11/h1-9H,10H2. The van der Waals surface area contributed by atoms with Crippen LogP contribution in [0.3, 0.4) is 0 Å². The molecular weight excluding hydrogens is 247 g/mol. The minimum absolute atomic E-state index is 0.172. The van der Waals surface area contributed by atoms with Gasteiger partial charge in [-0.3, -0.25) is 0 Å². The Labute approximate surface area is 108 Å². The molecule has 3 heteroatoms. The summed E-state index contributed by atoms with van der Waals surface area (Å²) >= 11 is 1.57. The average molecular weight is 258 g/mol. The van der Waals surface area contributed by atoms with Crippen molar-refractivity contribution in [3.63, 3.8) is 0 Å². The number of hydrogen-bond acceptors (Lipinski definition) is 2. The van der Waals surface area contributed by atoms with Crippen LogP contribution in [0, 0.1) is 5.82 Å². The molecule has 0 saturated heterocycles. The topological polar surface area (TPSA) is 9.23 Å². The van der Waals surface area contributed by atoms with E-state index in [9.17, 15) is 4.39 Å². The summed E-state index contributed by atoms with van der Waals surface area (Å²) in [5.41, 5.74) is 0. The molecule has 0 bridgehead atoms. The first-order chi connectivity index (χ1) is 8.83. The van der Waals surface area contributed by atoms with Crippen molar-refractivity contribution in [3.05, 3.63) is 65.3 Å². The molecule has 0 aliphatic rings. The number of rotatable bonds is 3. The summed E-state index contributed by atoms with van der Waals surface area (Å²) in [5, 5.41) is 0.675. The molecule has 3 aromatic rings. The van der Waals surface area contributed by atoms with Crippen molar-refractivity contribution < 1.29 is 9.13 Å². The van der Waals surface area contributed by atoms with Crippen LogP contribution >= 0.6 is 11.3 Å². The van der Waals surface area contributed by atoms with E-state index in [2.05, 4.69) is 0 Å². The smallest absolute Gasteiger partial charge is 0.131 e. The lowest BCUT2D eigenvalue weighted by atomic mass is 10.2. The largest absolute Gasteiger partial charge is 0.488 e. The fourth-order valence-corrected chi connectivity index (χ4v) is 2.81. The van der Waals surface area contributed by atoms with Gasteiger partial charge >= 0.3 is 0 Å². The van der Waals surface area contributed by atoms with E-state index in [-0.39, 0.29) is 5.82 Å². The molecule has 0 amide bonds. The minimum Gasteiger partial charge on any atom is -0.488 e.